The van der Waals surface area contributed by atoms with E-state index in [1.807, 2.05) is 18.7 Å². The van der Waals surface area contributed by atoms with Crippen LogP contribution >= 0.6 is 0 Å². The van der Waals surface area contributed by atoms with Crippen molar-refractivity contribution < 1.29 is 9.59 Å². The molecule has 2 rings (SSSR count). The zero-order valence-electron chi connectivity index (χ0n) is 13.4. The Kier molecular flexibility index (Phi) is 6.03. The van der Waals surface area contributed by atoms with Gasteiger partial charge in [0.1, 0.15) is 0 Å². The van der Waals surface area contributed by atoms with E-state index in [0.29, 0.717) is 6.54 Å². The molecule has 2 heterocycles. The predicted molar refractivity (Wildman–Crippen MR) is 82.8 cm³/mol. The average Bonchev–Trinajstić information content (AvgIpc) is 2.54. The van der Waals surface area contributed by atoms with Crippen molar-refractivity contribution in [3.63, 3.8) is 0 Å². The normalized spacial score (nSPS) is 28.0. The molecule has 3 atom stereocenters. The smallest absolute Gasteiger partial charge is 0.225 e. The number of hydrogen-bond donors (Lipinski definition) is 2. The van der Waals surface area contributed by atoms with Gasteiger partial charge >= 0.3 is 0 Å². The summed E-state index contributed by atoms with van der Waals surface area (Å²) in [5, 5.41) is 6.47. The molecule has 2 fully saturated rings. The first kappa shape index (κ1) is 16.3. The molecule has 0 bridgehead atoms. The molecule has 0 aromatic rings. The van der Waals surface area contributed by atoms with E-state index >= 15 is 0 Å². The number of likely N-dealkylation sites (tertiary alicyclic amines) is 1. The van der Waals surface area contributed by atoms with Crippen LogP contribution in [0.3, 0.4) is 0 Å². The van der Waals surface area contributed by atoms with Gasteiger partial charge in [-0.3, -0.25) is 9.59 Å². The first-order valence-electron chi connectivity index (χ1n) is 8.41. The van der Waals surface area contributed by atoms with Crippen molar-refractivity contribution in [3.8, 4) is 0 Å². The van der Waals surface area contributed by atoms with Gasteiger partial charge in [0, 0.05) is 31.6 Å². The van der Waals surface area contributed by atoms with Crippen molar-refractivity contribution >= 4 is 11.8 Å². The molecular weight excluding hydrogens is 266 g/mol. The fourth-order valence-electron chi connectivity index (χ4n) is 3.17. The van der Waals surface area contributed by atoms with E-state index in [1.54, 1.807) is 0 Å². The standard InChI is InChI=1S/C16H29N3O2/c1-3-12(2)16(21)19-9-5-6-13(11-19)15(20)18-14-7-4-8-17-10-14/h12-14,17H,3-11H2,1-2H3,(H,18,20)/t12?,13?,14-/m0/s1. The van der Waals surface area contributed by atoms with Crippen molar-refractivity contribution in [2.75, 3.05) is 26.2 Å². The van der Waals surface area contributed by atoms with Crippen molar-refractivity contribution in [3.05, 3.63) is 0 Å². The van der Waals surface area contributed by atoms with Crippen molar-refractivity contribution in [1.82, 2.24) is 15.5 Å². The zero-order chi connectivity index (χ0) is 15.2. The monoisotopic (exact) mass is 295 g/mol. The highest BCUT2D eigenvalue weighted by Gasteiger charge is 2.30. The fourth-order valence-corrected chi connectivity index (χ4v) is 3.17. The molecular formula is C16H29N3O2. The Morgan fingerprint density at radius 2 is 2.14 bits per heavy atom. The van der Waals surface area contributed by atoms with Gasteiger partial charge in [-0.05, 0) is 38.6 Å². The molecule has 2 unspecified atom stereocenters. The Labute approximate surface area is 127 Å². The predicted octanol–water partition coefficient (Wildman–Crippen LogP) is 1.14. The van der Waals surface area contributed by atoms with Crippen molar-refractivity contribution in [2.24, 2.45) is 11.8 Å². The van der Waals surface area contributed by atoms with E-state index in [4.69, 9.17) is 0 Å². The third kappa shape index (κ3) is 4.43. The third-order valence-electron chi connectivity index (χ3n) is 4.78. The highest BCUT2D eigenvalue weighted by molar-refractivity contribution is 5.82. The first-order valence-corrected chi connectivity index (χ1v) is 8.41. The summed E-state index contributed by atoms with van der Waals surface area (Å²) < 4.78 is 0. The lowest BCUT2D eigenvalue weighted by Crippen LogP contribution is -2.51. The lowest BCUT2D eigenvalue weighted by atomic mass is 9.94. The second-order valence-corrected chi connectivity index (χ2v) is 6.48. The number of carbonyl (C=O) groups excluding carboxylic acids is 2. The molecule has 21 heavy (non-hydrogen) atoms. The maximum atomic E-state index is 12.4. The summed E-state index contributed by atoms with van der Waals surface area (Å²) in [6.45, 7) is 7.32. The molecule has 5 nitrogen and oxygen atoms in total. The van der Waals surface area contributed by atoms with E-state index in [2.05, 4.69) is 10.6 Å². The largest absolute Gasteiger partial charge is 0.352 e. The summed E-state index contributed by atoms with van der Waals surface area (Å²) in [5.74, 6) is 0.364. The van der Waals surface area contributed by atoms with Gasteiger partial charge in [-0.15, -0.1) is 0 Å². The maximum Gasteiger partial charge on any atom is 0.225 e. The number of hydrogen-bond acceptors (Lipinski definition) is 3. The topological polar surface area (TPSA) is 61.4 Å². The van der Waals surface area contributed by atoms with Crippen LogP contribution in [-0.2, 0) is 9.59 Å². The molecule has 2 N–H and O–H groups in total. The van der Waals surface area contributed by atoms with Gasteiger partial charge in [0.25, 0.3) is 0 Å². The average molecular weight is 295 g/mol. The molecule has 0 aromatic heterocycles. The molecule has 2 amide bonds. The van der Waals surface area contributed by atoms with Gasteiger partial charge in [-0.2, -0.15) is 0 Å². The van der Waals surface area contributed by atoms with Gasteiger partial charge in [0.15, 0.2) is 0 Å². The minimum Gasteiger partial charge on any atom is -0.352 e. The Morgan fingerprint density at radius 1 is 1.33 bits per heavy atom. The summed E-state index contributed by atoms with van der Waals surface area (Å²) in [4.78, 5) is 26.6. The Balaban J connectivity index is 1.84. The Bertz CT molecular complexity index is 367. The van der Waals surface area contributed by atoms with Crippen LogP contribution in [-0.4, -0.2) is 48.9 Å². The van der Waals surface area contributed by atoms with Crippen molar-refractivity contribution in [2.45, 2.75) is 52.0 Å². The van der Waals surface area contributed by atoms with E-state index in [9.17, 15) is 9.59 Å². The highest BCUT2D eigenvalue weighted by atomic mass is 16.2. The number of carbonyl (C=O) groups is 2. The molecule has 2 saturated heterocycles. The Hall–Kier alpha value is -1.10. The second kappa shape index (κ2) is 7.78. The van der Waals surface area contributed by atoms with Gasteiger partial charge in [-0.1, -0.05) is 13.8 Å². The van der Waals surface area contributed by atoms with Crippen LogP contribution in [0.5, 0.6) is 0 Å². The fraction of sp³-hybridized carbons (Fsp3) is 0.875. The van der Waals surface area contributed by atoms with E-state index < -0.39 is 0 Å². The van der Waals surface area contributed by atoms with E-state index in [1.165, 1.54) is 0 Å². The lowest BCUT2D eigenvalue weighted by Gasteiger charge is -2.34. The van der Waals surface area contributed by atoms with Gasteiger partial charge in [0.2, 0.25) is 11.8 Å². The van der Waals surface area contributed by atoms with Crippen LogP contribution in [0.15, 0.2) is 0 Å². The minimum absolute atomic E-state index is 0.0336. The van der Waals surface area contributed by atoms with Crippen LogP contribution in [0, 0.1) is 11.8 Å². The summed E-state index contributed by atoms with van der Waals surface area (Å²) >= 11 is 0. The van der Waals surface area contributed by atoms with Gasteiger partial charge < -0.3 is 15.5 Å². The molecule has 0 spiro atoms. The summed E-state index contributed by atoms with van der Waals surface area (Å²) in [6.07, 6.45) is 4.87. The van der Waals surface area contributed by atoms with Crippen LogP contribution < -0.4 is 10.6 Å². The molecule has 2 aliphatic rings. The summed E-state index contributed by atoms with van der Waals surface area (Å²) in [5.41, 5.74) is 0. The van der Waals surface area contributed by atoms with Crippen LogP contribution in [0.25, 0.3) is 0 Å². The number of nitrogens with one attached hydrogen (secondary N) is 2. The van der Waals surface area contributed by atoms with Crippen LogP contribution in [0.2, 0.25) is 0 Å². The quantitative estimate of drug-likeness (QED) is 0.817. The van der Waals surface area contributed by atoms with Crippen LogP contribution in [0.1, 0.15) is 46.0 Å². The molecule has 120 valence electrons. The highest BCUT2D eigenvalue weighted by Crippen LogP contribution is 2.20. The molecule has 0 aromatic carbocycles. The minimum atomic E-state index is -0.0336. The molecule has 0 saturated carbocycles. The van der Waals surface area contributed by atoms with E-state index in [0.717, 1.165) is 51.7 Å². The van der Waals surface area contributed by atoms with Crippen molar-refractivity contribution in [1.29, 1.82) is 0 Å². The van der Waals surface area contributed by atoms with Crippen LogP contribution in [0.4, 0.5) is 0 Å². The molecule has 0 radical (unpaired) electrons. The maximum absolute atomic E-state index is 12.4. The van der Waals surface area contributed by atoms with Gasteiger partial charge in [0.05, 0.1) is 5.92 Å². The summed E-state index contributed by atoms with van der Waals surface area (Å²) in [7, 11) is 0. The molecule has 0 aliphatic carbocycles. The number of amides is 2. The number of rotatable bonds is 4. The molecule has 2 aliphatic heterocycles. The Morgan fingerprint density at radius 3 is 2.81 bits per heavy atom. The second-order valence-electron chi connectivity index (χ2n) is 6.48. The summed E-state index contributed by atoms with van der Waals surface area (Å²) in [6, 6.07) is 0.256. The zero-order valence-corrected chi connectivity index (χ0v) is 13.4. The van der Waals surface area contributed by atoms with E-state index in [-0.39, 0.29) is 29.7 Å². The molecule has 5 heteroatoms. The number of nitrogens with zero attached hydrogens (tertiary/aromatic N) is 1. The SMILES string of the molecule is CCC(C)C(=O)N1CCCC(C(=O)N[C@H]2CCCNC2)C1. The lowest BCUT2D eigenvalue weighted by molar-refractivity contribution is -0.139. The number of piperidine rings is 2. The third-order valence-corrected chi connectivity index (χ3v) is 4.78. The first-order chi connectivity index (χ1) is 10.1. The van der Waals surface area contributed by atoms with Gasteiger partial charge in [-0.25, -0.2) is 0 Å².